The molecule has 0 atom stereocenters. The van der Waals surface area contributed by atoms with Crippen molar-refractivity contribution >= 4 is 5.97 Å². The van der Waals surface area contributed by atoms with Crippen LogP contribution in [0.4, 0.5) is 0 Å². The zero-order valence-corrected chi connectivity index (χ0v) is 11.8. The monoisotopic (exact) mass is 295 g/mol. The highest BCUT2D eigenvalue weighted by atomic mass is 16.5. The van der Waals surface area contributed by atoms with E-state index in [0.29, 0.717) is 11.3 Å². The predicted molar refractivity (Wildman–Crippen MR) is 80.8 cm³/mol. The van der Waals surface area contributed by atoms with E-state index < -0.39 is 5.97 Å². The number of methoxy groups -OCH3 is 1. The molecule has 2 N–H and O–H groups in total. The molecule has 0 spiro atoms. The summed E-state index contributed by atoms with van der Waals surface area (Å²) < 4.78 is 5.34. The molecule has 0 saturated heterocycles. The van der Waals surface area contributed by atoms with Gasteiger partial charge in [0.05, 0.1) is 24.6 Å². The van der Waals surface area contributed by atoms with Crippen LogP contribution in [0.3, 0.4) is 0 Å². The molecule has 0 aliphatic carbocycles. The minimum atomic E-state index is -0.990. The van der Waals surface area contributed by atoms with Gasteiger partial charge in [-0.15, -0.1) is 0 Å². The van der Waals surface area contributed by atoms with Crippen LogP contribution in [-0.2, 0) is 0 Å². The molecule has 0 saturated carbocycles. The van der Waals surface area contributed by atoms with Crippen molar-refractivity contribution in [1.82, 2.24) is 15.2 Å². The van der Waals surface area contributed by atoms with Crippen molar-refractivity contribution in [3.05, 3.63) is 54.5 Å². The van der Waals surface area contributed by atoms with Gasteiger partial charge in [-0.05, 0) is 30.3 Å². The van der Waals surface area contributed by atoms with Crippen molar-refractivity contribution in [2.75, 3.05) is 7.11 Å². The summed E-state index contributed by atoms with van der Waals surface area (Å²) in [6.07, 6.45) is 5.04. The molecule has 3 rings (SSSR count). The van der Waals surface area contributed by atoms with E-state index in [9.17, 15) is 9.90 Å². The zero-order valence-electron chi connectivity index (χ0n) is 11.8. The van der Waals surface area contributed by atoms with Gasteiger partial charge in [-0.25, -0.2) is 4.79 Å². The molecular weight excluding hydrogens is 282 g/mol. The average Bonchev–Trinajstić information content (AvgIpc) is 3.04. The van der Waals surface area contributed by atoms with Crippen LogP contribution in [0.25, 0.3) is 22.4 Å². The third-order valence-electron chi connectivity index (χ3n) is 3.33. The van der Waals surface area contributed by atoms with Gasteiger partial charge in [0, 0.05) is 29.1 Å². The summed E-state index contributed by atoms with van der Waals surface area (Å²) >= 11 is 0. The Morgan fingerprint density at radius 1 is 1.23 bits per heavy atom. The van der Waals surface area contributed by atoms with Crippen LogP contribution in [0.1, 0.15) is 10.4 Å². The number of benzene rings is 1. The van der Waals surface area contributed by atoms with Crippen molar-refractivity contribution in [3.8, 4) is 28.1 Å². The van der Waals surface area contributed by atoms with Crippen molar-refractivity contribution in [2.24, 2.45) is 0 Å². The fourth-order valence-electron chi connectivity index (χ4n) is 2.27. The van der Waals surface area contributed by atoms with E-state index in [4.69, 9.17) is 4.74 Å². The number of aromatic nitrogens is 3. The molecule has 6 nitrogen and oxygen atoms in total. The summed E-state index contributed by atoms with van der Waals surface area (Å²) in [5.74, 6) is -0.410. The lowest BCUT2D eigenvalue weighted by molar-refractivity contribution is 0.0697. The number of carboxylic acid groups (broad SMARTS) is 1. The Balaban J connectivity index is 2.18. The number of H-pyrrole nitrogens is 1. The molecule has 0 aliphatic rings. The van der Waals surface area contributed by atoms with Gasteiger partial charge in [0.2, 0.25) is 0 Å². The SMILES string of the molecule is COc1ccc(C(=O)O)cc1-c1cn[nH]c1-c1cccnc1. The summed E-state index contributed by atoms with van der Waals surface area (Å²) in [6, 6.07) is 8.45. The number of aromatic carboxylic acids is 1. The maximum atomic E-state index is 11.2. The normalized spacial score (nSPS) is 10.4. The predicted octanol–water partition coefficient (Wildman–Crippen LogP) is 2.85. The number of pyridine rings is 1. The van der Waals surface area contributed by atoms with E-state index in [0.717, 1.165) is 16.8 Å². The highest BCUT2D eigenvalue weighted by Gasteiger charge is 2.16. The number of carbonyl (C=O) groups is 1. The second-order valence-electron chi connectivity index (χ2n) is 4.62. The van der Waals surface area contributed by atoms with Crippen molar-refractivity contribution in [1.29, 1.82) is 0 Å². The van der Waals surface area contributed by atoms with E-state index in [1.54, 1.807) is 37.8 Å². The Hall–Kier alpha value is -3.15. The Bertz CT molecular complexity index is 813. The first kappa shape index (κ1) is 13.8. The first-order valence-electron chi connectivity index (χ1n) is 6.56. The molecule has 0 unspecified atom stereocenters. The van der Waals surface area contributed by atoms with Gasteiger partial charge in [0.25, 0.3) is 0 Å². The van der Waals surface area contributed by atoms with Crippen molar-refractivity contribution in [3.63, 3.8) is 0 Å². The third kappa shape index (κ3) is 2.42. The van der Waals surface area contributed by atoms with Crippen molar-refractivity contribution in [2.45, 2.75) is 0 Å². The quantitative estimate of drug-likeness (QED) is 0.772. The second-order valence-corrected chi connectivity index (χ2v) is 4.62. The largest absolute Gasteiger partial charge is 0.496 e. The van der Waals surface area contributed by atoms with E-state index in [1.165, 1.54) is 6.07 Å². The van der Waals surface area contributed by atoms with Gasteiger partial charge < -0.3 is 9.84 Å². The number of ether oxygens (including phenoxy) is 1. The molecule has 1 aromatic carbocycles. The number of carboxylic acids is 1. The first-order valence-corrected chi connectivity index (χ1v) is 6.56. The van der Waals surface area contributed by atoms with Crippen LogP contribution in [0.5, 0.6) is 5.75 Å². The number of rotatable bonds is 4. The van der Waals surface area contributed by atoms with Crippen LogP contribution in [0.15, 0.2) is 48.9 Å². The van der Waals surface area contributed by atoms with E-state index in [2.05, 4.69) is 15.2 Å². The lowest BCUT2D eigenvalue weighted by Gasteiger charge is -2.10. The van der Waals surface area contributed by atoms with Crippen molar-refractivity contribution < 1.29 is 14.6 Å². The molecule has 0 fully saturated rings. The number of hydrogen-bond donors (Lipinski definition) is 2. The van der Waals surface area contributed by atoms with Crippen LogP contribution < -0.4 is 4.74 Å². The second kappa shape index (κ2) is 5.69. The molecule has 6 heteroatoms. The van der Waals surface area contributed by atoms with Crippen LogP contribution in [0.2, 0.25) is 0 Å². The highest BCUT2D eigenvalue weighted by Crippen LogP contribution is 2.36. The Morgan fingerprint density at radius 3 is 2.77 bits per heavy atom. The highest BCUT2D eigenvalue weighted by molar-refractivity contribution is 5.92. The molecule has 0 amide bonds. The van der Waals surface area contributed by atoms with Gasteiger partial charge in [0.1, 0.15) is 5.75 Å². The molecule has 3 aromatic rings. The summed E-state index contributed by atoms with van der Waals surface area (Å²) in [5, 5.41) is 16.2. The van der Waals surface area contributed by atoms with Crippen LogP contribution in [-0.4, -0.2) is 33.4 Å². The Labute approximate surface area is 126 Å². The maximum absolute atomic E-state index is 11.2. The topological polar surface area (TPSA) is 88.1 Å². The number of aromatic amines is 1. The minimum absolute atomic E-state index is 0.189. The third-order valence-corrected chi connectivity index (χ3v) is 3.33. The summed E-state index contributed by atoms with van der Waals surface area (Å²) in [5.41, 5.74) is 3.23. The first-order chi connectivity index (χ1) is 10.7. The lowest BCUT2D eigenvalue weighted by Crippen LogP contribution is -1.98. The standard InChI is InChI=1S/C16H13N3O3/c1-22-14-5-4-10(16(20)21)7-12(14)13-9-18-19-15(13)11-3-2-6-17-8-11/h2-9H,1H3,(H,18,19)(H,20,21). The fourth-order valence-corrected chi connectivity index (χ4v) is 2.27. The van der Waals surface area contributed by atoms with Gasteiger partial charge >= 0.3 is 5.97 Å². The number of nitrogens with one attached hydrogen (secondary N) is 1. The van der Waals surface area contributed by atoms with Gasteiger partial charge in [-0.3, -0.25) is 10.1 Å². The minimum Gasteiger partial charge on any atom is -0.496 e. The molecule has 110 valence electrons. The van der Waals surface area contributed by atoms with E-state index >= 15 is 0 Å². The van der Waals surface area contributed by atoms with Gasteiger partial charge in [0.15, 0.2) is 0 Å². The Kier molecular flexibility index (Phi) is 3.57. The van der Waals surface area contributed by atoms with Gasteiger partial charge in [-0.1, -0.05) is 0 Å². The summed E-state index contributed by atoms with van der Waals surface area (Å²) in [7, 11) is 1.54. The maximum Gasteiger partial charge on any atom is 0.335 e. The lowest BCUT2D eigenvalue weighted by atomic mass is 10.00. The molecule has 0 radical (unpaired) electrons. The molecule has 2 heterocycles. The fraction of sp³-hybridized carbons (Fsp3) is 0.0625. The summed E-state index contributed by atoms with van der Waals surface area (Å²) in [4.78, 5) is 15.3. The van der Waals surface area contributed by atoms with Crippen LogP contribution >= 0.6 is 0 Å². The van der Waals surface area contributed by atoms with E-state index in [1.807, 2.05) is 12.1 Å². The number of hydrogen-bond acceptors (Lipinski definition) is 4. The summed E-state index contributed by atoms with van der Waals surface area (Å²) in [6.45, 7) is 0. The Morgan fingerprint density at radius 2 is 2.09 bits per heavy atom. The number of nitrogens with zero attached hydrogens (tertiary/aromatic N) is 2. The van der Waals surface area contributed by atoms with E-state index in [-0.39, 0.29) is 5.56 Å². The zero-order chi connectivity index (χ0) is 15.5. The van der Waals surface area contributed by atoms with Crippen LogP contribution in [0, 0.1) is 0 Å². The molecule has 22 heavy (non-hydrogen) atoms. The van der Waals surface area contributed by atoms with Gasteiger partial charge in [-0.2, -0.15) is 5.10 Å². The molecule has 0 aliphatic heterocycles. The smallest absolute Gasteiger partial charge is 0.335 e. The molecular formula is C16H13N3O3. The average molecular weight is 295 g/mol. The molecule has 0 bridgehead atoms. The molecule has 2 aromatic heterocycles.